The molecule has 2 N–H and O–H groups in total. The van der Waals surface area contributed by atoms with Crippen LogP contribution < -0.4 is 11.1 Å². The van der Waals surface area contributed by atoms with Gasteiger partial charge in [-0.15, -0.1) is 0 Å². The molecule has 2 heterocycles. The van der Waals surface area contributed by atoms with Gasteiger partial charge in [0.25, 0.3) is 0 Å². The van der Waals surface area contributed by atoms with Crippen LogP contribution in [0, 0.1) is 0 Å². The summed E-state index contributed by atoms with van der Waals surface area (Å²) in [5.74, 6) is 1.42. The highest BCUT2D eigenvalue weighted by Crippen LogP contribution is 2.30. The Labute approximate surface area is 237 Å². The molecule has 5 nitrogen and oxygen atoms in total. The van der Waals surface area contributed by atoms with Crippen LogP contribution in [-0.2, 0) is 6.54 Å². The third-order valence-electron chi connectivity index (χ3n) is 7.26. The molecule has 0 amide bonds. The molecule has 0 saturated heterocycles. The number of para-hydroxylation sites is 1. The van der Waals surface area contributed by atoms with Gasteiger partial charge < -0.3 is 5.73 Å². The first-order valence-corrected chi connectivity index (χ1v) is 13.6. The first-order valence-electron chi connectivity index (χ1n) is 13.6. The van der Waals surface area contributed by atoms with E-state index in [2.05, 4.69) is 59.2 Å². The number of rotatable bonds is 5. The number of anilines is 1. The number of hydrogen-bond donors (Lipinski definition) is 1. The van der Waals surface area contributed by atoms with Gasteiger partial charge in [-0.25, -0.2) is 9.97 Å². The monoisotopic (exact) mass is 529 g/mol. The lowest BCUT2D eigenvalue weighted by atomic mass is 10.1. The van der Waals surface area contributed by atoms with E-state index in [0.29, 0.717) is 18.1 Å². The molecule has 41 heavy (non-hydrogen) atoms. The van der Waals surface area contributed by atoms with Gasteiger partial charge in [-0.3, -0.25) is 9.56 Å². The van der Waals surface area contributed by atoms with E-state index < -0.39 is 0 Å². The minimum Gasteiger partial charge on any atom is -0.398 e. The van der Waals surface area contributed by atoms with Crippen LogP contribution in [0.1, 0.15) is 5.56 Å². The average molecular weight is 530 g/mol. The summed E-state index contributed by atoms with van der Waals surface area (Å²) in [4.78, 5) is 15.3. The molecule has 0 bridgehead atoms. The average Bonchev–Trinajstić information content (AvgIpc) is 3.04. The van der Waals surface area contributed by atoms with Gasteiger partial charge in [0.2, 0.25) is 0 Å². The number of nitrogens with zero attached hydrogens (tertiary/aromatic N) is 4. The molecule has 5 heteroatoms. The topological polar surface area (TPSA) is 69.1 Å². The SMILES string of the molecule is Nc1cccc2c1c(=NCc1ccccc1)c1ccccc1n2-c1cc(-c2ccccc2)nc(-c2ccccc2)n1. The van der Waals surface area contributed by atoms with Crippen molar-refractivity contribution >= 4 is 27.5 Å². The summed E-state index contributed by atoms with van der Waals surface area (Å²) in [5, 5.41) is 2.80. The lowest BCUT2D eigenvalue weighted by molar-refractivity contribution is 1.01. The Morgan fingerprint density at radius 3 is 2.00 bits per heavy atom. The van der Waals surface area contributed by atoms with Crippen molar-refractivity contribution in [2.45, 2.75) is 6.54 Å². The van der Waals surface area contributed by atoms with Gasteiger partial charge in [-0.2, -0.15) is 0 Å². The molecule has 2 aromatic heterocycles. The van der Waals surface area contributed by atoms with Gasteiger partial charge in [-0.05, 0) is 23.8 Å². The number of nitrogens with two attached hydrogens (primary N) is 1. The summed E-state index contributed by atoms with van der Waals surface area (Å²) >= 11 is 0. The second-order valence-electron chi connectivity index (χ2n) is 9.91. The van der Waals surface area contributed by atoms with Gasteiger partial charge >= 0.3 is 0 Å². The van der Waals surface area contributed by atoms with Gasteiger partial charge in [-0.1, -0.05) is 115 Å². The number of nitrogen functional groups attached to an aromatic ring is 1. The zero-order valence-corrected chi connectivity index (χ0v) is 22.4. The molecule has 0 atom stereocenters. The van der Waals surface area contributed by atoms with Crippen LogP contribution in [0.5, 0.6) is 0 Å². The molecule has 0 aliphatic heterocycles. The summed E-state index contributed by atoms with van der Waals surface area (Å²) in [5.41, 5.74) is 13.3. The van der Waals surface area contributed by atoms with Crippen molar-refractivity contribution in [3.05, 3.63) is 150 Å². The Morgan fingerprint density at radius 1 is 0.610 bits per heavy atom. The van der Waals surface area contributed by atoms with Crippen molar-refractivity contribution in [2.24, 2.45) is 4.99 Å². The molecule has 0 saturated carbocycles. The second kappa shape index (κ2) is 10.5. The molecule has 0 spiro atoms. The van der Waals surface area contributed by atoms with Crippen molar-refractivity contribution in [3.8, 4) is 28.5 Å². The normalized spacial score (nSPS) is 11.8. The number of fused-ring (bicyclic) bond motifs is 2. The highest BCUT2D eigenvalue weighted by molar-refractivity contribution is 6.00. The molecule has 7 rings (SSSR count). The number of benzene rings is 5. The molecule has 0 aliphatic carbocycles. The molecule has 0 radical (unpaired) electrons. The third kappa shape index (κ3) is 4.64. The van der Waals surface area contributed by atoms with E-state index >= 15 is 0 Å². The lowest BCUT2D eigenvalue weighted by Crippen LogP contribution is -2.15. The fraction of sp³-hybridized carbons (Fsp3) is 0.0278. The van der Waals surface area contributed by atoms with Crippen LogP contribution in [0.4, 0.5) is 5.69 Å². The molecule has 0 fully saturated rings. The molecule has 0 aliphatic rings. The van der Waals surface area contributed by atoms with Crippen LogP contribution in [0.25, 0.3) is 50.3 Å². The number of pyridine rings is 1. The Kier molecular flexibility index (Phi) is 6.30. The maximum absolute atomic E-state index is 6.70. The molecular formula is C36H27N5. The van der Waals surface area contributed by atoms with Gasteiger partial charge in [0.1, 0.15) is 5.82 Å². The van der Waals surface area contributed by atoms with E-state index in [1.807, 2.05) is 84.9 Å². The third-order valence-corrected chi connectivity index (χ3v) is 7.26. The first kappa shape index (κ1) is 24.5. The molecule has 5 aromatic carbocycles. The summed E-state index contributed by atoms with van der Waals surface area (Å²) in [6.45, 7) is 0.558. The summed E-state index contributed by atoms with van der Waals surface area (Å²) < 4.78 is 2.18. The predicted octanol–water partition coefficient (Wildman–Crippen LogP) is 7.59. The van der Waals surface area contributed by atoms with Crippen molar-refractivity contribution in [2.75, 3.05) is 5.73 Å². The van der Waals surface area contributed by atoms with E-state index in [1.54, 1.807) is 0 Å². The first-order chi connectivity index (χ1) is 20.3. The van der Waals surface area contributed by atoms with Gasteiger partial charge in [0.05, 0.1) is 28.6 Å². The van der Waals surface area contributed by atoms with E-state index in [-0.39, 0.29) is 0 Å². The van der Waals surface area contributed by atoms with E-state index in [0.717, 1.165) is 55.4 Å². The van der Waals surface area contributed by atoms with E-state index in [1.165, 1.54) is 0 Å². The van der Waals surface area contributed by atoms with Crippen molar-refractivity contribution in [1.29, 1.82) is 0 Å². The maximum atomic E-state index is 6.70. The van der Waals surface area contributed by atoms with Crippen molar-refractivity contribution < 1.29 is 0 Å². The molecule has 196 valence electrons. The number of hydrogen-bond acceptors (Lipinski definition) is 4. The number of aromatic nitrogens is 3. The summed E-state index contributed by atoms with van der Waals surface area (Å²) in [7, 11) is 0. The highest BCUT2D eigenvalue weighted by atomic mass is 15.1. The van der Waals surface area contributed by atoms with Crippen LogP contribution in [-0.4, -0.2) is 14.5 Å². The summed E-state index contributed by atoms with van der Waals surface area (Å²) in [6.07, 6.45) is 0. The fourth-order valence-corrected chi connectivity index (χ4v) is 5.32. The molecular weight excluding hydrogens is 502 g/mol. The standard InChI is InChI=1S/C36H27N5/c37-29-20-12-22-32-34(29)35(38-24-25-13-4-1-5-14-25)28-19-10-11-21-31(28)41(32)33-23-30(26-15-6-2-7-16-26)39-36(40-33)27-17-8-3-9-18-27/h1-23H,24,37H2. The Balaban J connectivity index is 1.56. The van der Waals surface area contributed by atoms with Gasteiger partial charge in [0, 0.05) is 33.7 Å². The Bertz CT molecular complexity index is 2010. The molecule has 0 unspecified atom stereocenters. The Morgan fingerprint density at radius 2 is 1.24 bits per heavy atom. The highest BCUT2D eigenvalue weighted by Gasteiger charge is 2.16. The zero-order valence-electron chi connectivity index (χ0n) is 22.4. The van der Waals surface area contributed by atoms with Crippen LogP contribution in [0.2, 0.25) is 0 Å². The molecule has 7 aromatic rings. The zero-order chi connectivity index (χ0) is 27.6. The minimum atomic E-state index is 0.558. The van der Waals surface area contributed by atoms with Gasteiger partial charge in [0.15, 0.2) is 5.82 Å². The van der Waals surface area contributed by atoms with Crippen molar-refractivity contribution in [3.63, 3.8) is 0 Å². The second-order valence-corrected chi connectivity index (χ2v) is 9.91. The van der Waals surface area contributed by atoms with E-state index in [4.69, 9.17) is 20.7 Å². The van der Waals surface area contributed by atoms with E-state index in [9.17, 15) is 0 Å². The van der Waals surface area contributed by atoms with Crippen molar-refractivity contribution in [1.82, 2.24) is 14.5 Å². The quantitative estimate of drug-likeness (QED) is 0.184. The Hall–Kier alpha value is -5.55. The lowest BCUT2D eigenvalue weighted by Gasteiger charge is -2.18. The predicted molar refractivity (Wildman–Crippen MR) is 167 cm³/mol. The summed E-state index contributed by atoms with van der Waals surface area (Å²) in [6, 6.07) is 47.0. The fourth-order valence-electron chi connectivity index (χ4n) is 5.32. The van der Waals surface area contributed by atoms with Crippen LogP contribution in [0.3, 0.4) is 0 Å². The minimum absolute atomic E-state index is 0.558. The maximum Gasteiger partial charge on any atom is 0.162 e. The largest absolute Gasteiger partial charge is 0.398 e. The van der Waals surface area contributed by atoms with Crippen LogP contribution in [0.15, 0.2) is 145 Å². The van der Waals surface area contributed by atoms with Crippen LogP contribution >= 0.6 is 0 Å². The smallest absolute Gasteiger partial charge is 0.162 e.